The summed E-state index contributed by atoms with van der Waals surface area (Å²) >= 11 is 9.64. The molecule has 1 N–H and O–H groups in total. The number of thiophene rings is 2. The summed E-state index contributed by atoms with van der Waals surface area (Å²) in [6, 6.07) is 4.73. The molecule has 0 aliphatic heterocycles. The Labute approximate surface area is 126 Å². The molecule has 0 amide bonds. The Balaban J connectivity index is 2.40. The highest BCUT2D eigenvalue weighted by atomic mass is 127. The highest BCUT2D eigenvalue weighted by Gasteiger charge is 2.18. The number of nitrogens with one attached hydrogen (secondary N) is 1. The summed E-state index contributed by atoms with van der Waals surface area (Å²) in [5.41, 5.74) is 1.35. The van der Waals surface area contributed by atoms with Gasteiger partial charge >= 0.3 is 0 Å². The van der Waals surface area contributed by atoms with E-state index in [1.807, 2.05) is 18.4 Å². The maximum atomic E-state index is 3.63. The Morgan fingerprint density at radius 2 is 2.19 bits per heavy atom. The lowest BCUT2D eigenvalue weighted by Crippen LogP contribution is -2.16. The van der Waals surface area contributed by atoms with Crippen LogP contribution < -0.4 is 5.32 Å². The maximum Gasteiger partial charge on any atom is 0.0688 e. The second kappa shape index (κ2) is 5.48. The fraction of sp³-hybridized carbons (Fsp3) is 0.273. The number of hydrogen-bond donors (Lipinski definition) is 1. The lowest BCUT2D eigenvalue weighted by Gasteiger charge is -2.13. The van der Waals surface area contributed by atoms with Crippen molar-refractivity contribution in [3.05, 3.63) is 40.2 Å². The SMILES string of the molecule is CNC(c1csc(I)c1)c1sc(C)cc1Br. The molecule has 2 rings (SSSR count). The van der Waals surface area contributed by atoms with Crippen LogP contribution in [0.25, 0.3) is 0 Å². The van der Waals surface area contributed by atoms with E-state index in [-0.39, 0.29) is 0 Å². The second-order valence-electron chi connectivity index (χ2n) is 3.48. The van der Waals surface area contributed by atoms with Crippen LogP contribution in [0.2, 0.25) is 0 Å². The number of aryl methyl sites for hydroxylation is 1. The van der Waals surface area contributed by atoms with Crippen LogP contribution in [-0.4, -0.2) is 7.05 Å². The Bertz CT molecular complexity index is 492. The zero-order valence-corrected chi connectivity index (χ0v) is 14.3. The first kappa shape index (κ1) is 13.0. The minimum atomic E-state index is 0.299. The quantitative estimate of drug-likeness (QED) is 0.694. The van der Waals surface area contributed by atoms with E-state index in [1.165, 1.54) is 22.7 Å². The average Bonchev–Trinajstić information content (AvgIpc) is 2.76. The fourth-order valence-corrected chi connectivity index (χ4v) is 5.04. The molecule has 0 aromatic carbocycles. The van der Waals surface area contributed by atoms with Crippen LogP contribution in [0.15, 0.2) is 22.0 Å². The molecule has 0 aliphatic rings. The topological polar surface area (TPSA) is 12.0 Å². The van der Waals surface area contributed by atoms with Crippen LogP contribution in [0.3, 0.4) is 0 Å². The molecule has 0 fully saturated rings. The third-order valence-electron chi connectivity index (χ3n) is 2.31. The average molecular weight is 428 g/mol. The molecule has 2 heterocycles. The van der Waals surface area contributed by atoms with Gasteiger partial charge in [0.1, 0.15) is 0 Å². The number of halogens is 2. The van der Waals surface area contributed by atoms with Gasteiger partial charge in [-0.1, -0.05) is 0 Å². The van der Waals surface area contributed by atoms with Crippen LogP contribution in [0.5, 0.6) is 0 Å². The maximum absolute atomic E-state index is 3.63. The van der Waals surface area contributed by atoms with Gasteiger partial charge in [0, 0.05) is 14.2 Å². The highest BCUT2D eigenvalue weighted by molar-refractivity contribution is 14.1. The summed E-state index contributed by atoms with van der Waals surface area (Å²) in [6.07, 6.45) is 0. The van der Waals surface area contributed by atoms with E-state index in [9.17, 15) is 0 Å². The Morgan fingerprint density at radius 1 is 1.44 bits per heavy atom. The summed E-state index contributed by atoms with van der Waals surface area (Å²) < 4.78 is 2.54. The first-order valence-corrected chi connectivity index (χ1v) is 8.35. The lowest BCUT2D eigenvalue weighted by atomic mass is 10.1. The van der Waals surface area contributed by atoms with Gasteiger partial charge < -0.3 is 5.32 Å². The first-order chi connectivity index (χ1) is 7.61. The van der Waals surface area contributed by atoms with Gasteiger partial charge in [0.05, 0.1) is 8.93 Å². The van der Waals surface area contributed by atoms with Crippen molar-refractivity contribution < 1.29 is 0 Å². The van der Waals surface area contributed by atoms with E-state index < -0.39 is 0 Å². The van der Waals surface area contributed by atoms with Crippen LogP contribution in [0.4, 0.5) is 0 Å². The molecule has 0 saturated heterocycles. The van der Waals surface area contributed by atoms with Gasteiger partial charge in [0.2, 0.25) is 0 Å². The van der Waals surface area contributed by atoms with Gasteiger partial charge in [-0.05, 0) is 75.6 Å². The molecule has 1 atom stereocenters. The molecular weight excluding hydrogens is 417 g/mol. The van der Waals surface area contributed by atoms with Crippen LogP contribution >= 0.6 is 61.2 Å². The number of rotatable bonds is 3. The highest BCUT2D eigenvalue weighted by Crippen LogP contribution is 2.36. The van der Waals surface area contributed by atoms with Gasteiger partial charge in [-0.2, -0.15) is 0 Å². The minimum absolute atomic E-state index is 0.299. The van der Waals surface area contributed by atoms with Crippen molar-refractivity contribution in [3.63, 3.8) is 0 Å². The molecule has 0 spiro atoms. The van der Waals surface area contributed by atoms with Crippen molar-refractivity contribution >= 4 is 61.2 Å². The standard InChI is InChI=1S/C11H11BrINS2/c1-6-3-8(12)11(16-6)10(14-2)7-4-9(13)15-5-7/h3-5,10,14H,1-2H3. The third kappa shape index (κ3) is 2.69. The summed E-state index contributed by atoms with van der Waals surface area (Å²) in [5.74, 6) is 0. The molecule has 2 aromatic heterocycles. The normalized spacial score (nSPS) is 13.0. The smallest absolute Gasteiger partial charge is 0.0688 e. The third-order valence-corrected chi connectivity index (χ3v) is 6.15. The lowest BCUT2D eigenvalue weighted by molar-refractivity contribution is 0.704. The molecule has 5 heteroatoms. The molecule has 1 nitrogen and oxygen atoms in total. The van der Waals surface area contributed by atoms with E-state index in [1.54, 1.807) is 11.3 Å². The predicted molar refractivity (Wildman–Crippen MR) is 84.7 cm³/mol. The molecule has 0 saturated carbocycles. The summed E-state index contributed by atoms with van der Waals surface area (Å²) in [4.78, 5) is 2.70. The summed E-state index contributed by atoms with van der Waals surface area (Å²) in [7, 11) is 2.01. The summed E-state index contributed by atoms with van der Waals surface area (Å²) in [5, 5.41) is 5.61. The van der Waals surface area contributed by atoms with Crippen molar-refractivity contribution in [2.45, 2.75) is 13.0 Å². The van der Waals surface area contributed by atoms with Crippen molar-refractivity contribution in [2.75, 3.05) is 7.05 Å². The monoisotopic (exact) mass is 427 g/mol. The zero-order chi connectivity index (χ0) is 11.7. The van der Waals surface area contributed by atoms with Gasteiger partial charge in [-0.15, -0.1) is 22.7 Å². The first-order valence-electron chi connectivity index (χ1n) is 4.79. The van der Waals surface area contributed by atoms with Crippen LogP contribution in [0.1, 0.15) is 21.4 Å². The van der Waals surface area contributed by atoms with Crippen molar-refractivity contribution in [1.29, 1.82) is 0 Å². The van der Waals surface area contributed by atoms with Crippen LogP contribution in [0, 0.1) is 9.81 Å². The van der Waals surface area contributed by atoms with Crippen LogP contribution in [-0.2, 0) is 0 Å². The largest absolute Gasteiger partial charge is 0.309 e. The van der Waals surface area contributed by atoms with E-state index in [0.29, 0.717) is 6.04 Å². The van der Waals surface area contributed by atoms with Gasteiger partial charge in [-0.3, -0.25) is 0 Å². The second-order valence-corrected chi connectivity index (χ2v) is 8.42. The summed E-state index contributed by atoms with van der Waals surface area (Å²) in [6.45, 7) is 2.14. The Morgan fingerprint density at radius 3 is 2.62 bits per heavy atom. The molecule has 2 aromatic rings. The Hall–Kier alpha value is 0.570. The van der Waals surface area contributed by atoms with Crippen molar-refractivity contribution in [2.24, 2.45) is 0 Å². The zero-order valence-electron chi connectivity index (χ0n) is 8.88. The van der Waals surface area contributed by atoms with Gasteiger partial charge in [0.25, 0.3) is 0 Å². The molecule has 86 valence electrons. The number of hydrogen-bond acceptors (Lipinski definition) is 3. The molecule has 16 heavy (non-hydrogen) atoms. The molecular formula is C11H11BrINS2. The van der Waals surface area contributed by atoms with Gasteiger partial charge in [-0.25, -0.2) is 0 Å². The van der Waals surface area contributed by atoms with E-state index in [0.717, 1.165) is 0 Å². The fourth-order valence-electron chi connectivity index (χ4n) is 1.62. The van der Waals surface area contributed by atoms with E-state index >= 15 is 0 Å². The molecule has 1 unspecified atom stereocenters. The van der Waals surface area contributed by atoms with Gasteiger partial charge in [0.15, 0.2) is 0 Å². The minimum Gasteiger partial charge on any atom is -0.309 e. The van der Waals surface area contributed by atoms with Crippen molar-refractivity contribution in [1.82, 2.24) is 5.32 Å². The van der Waals surface area contributed by atoms with E-state index in [4.69, 9.17) is 0 Å². The molecule has 0 bridgehead atoms. The Kier molecular flexibility index (Phi) is 4.45. The molecule has 0 radical (unpaired) electrons. The molecule has 0 aliphatic carbocycles. The predicted octanol–water partition coefficient (Wildman–Crippen LogP) is 4.79. The van der Waals surface area contributed by atoms with Crippen molar-refractivity contribution in [3.8, 4) is 0 Å². The van der Waals surface area contributed by atoms with E-state index in [2.05, 4.69) is 68.3 Å².